The molecule has 3 rings (SSSR count). The average Bonchev–Trinajstić information content (AvgIpc) is 2.70. The summed E-state index contributed by atoms with van der Waals surface area (Å²) in [7, 11) is 0. The minimum absolute atomic E-state index is 0. The van der Waals surface area contributed by atoms with Crippen LogP contribution in [0.25, 0.3) is 0 Å². The summed E-state index contributed by atoms with van der Waals surface area (Å²) in [5, 5.41) is 16.1. The van der Waals surface area contributed by atoms with Gasteiger partial charge in [-0.1, -0.05) is 25.3 Å². The van der Waals surface area contributed by atoms with Crippen LogP contribution in [0, 0.1) is 5.82 Å². The van der Waals surface area contributed by atoms with Crippen molar-refractivity contribution < 1.29 is 9.50 Å². The van der Waals surface area contributed by atoms with Crippen molar-refractivity contribution in [1.29, 1.82) is 0 Å². The maximum atomic E-state index is 13.5. The Morgan fingerprint density at radius 1 is 1.18 bits per heavy atom. The fourth-order valence-electron chi connectivity index (χ4n) is 4.19. The highest BCUT2D eigenvalue weighted by Crippen LogP contribution is 2.25. The minimum atomic E-state index is -0.601. The third kappa shape index (κ3) is 6.76. The molecule has 0 radical (unpaired) electrons. The van der Waals surface area contributed by atoms with Crippen LogP contribution < -0.4 is 10.6 Å². The molecule has 158 valence electrons. The molecule has 2 fully saturated rings. The monoisotopic (exact) mass is 504 g/mol. The van der Waals surface area contributed by atoms with Gasteiger partial charge in [-0.15, -0.1) is 24.0 Å². The average molecular weight is 504 g/mol. The summed E-state index contributed by atoms with van der Waals surface area (Å²) in [6.45, 7) is 5.53. The molecule has 1 saturated carbocycles. The van der Waals surface area contributed by atoms with E-state index in [4.69, 9.17) is 0 Å². The molecule has 0 amide bonds. The van der Waals surface area contributed by atoms with Crippen molar-refractivity contribution in [1.82, 2.24) is 15.5 Å². The van der Waals surface area contributed by atoms with Gasteiger partial charge in [0.05, 0.1) is 6.54 Å². The molecule has 2 aliphatic rings. The number of phenolic OH excluding ortho intramolecular Hbond substituents is 1. The molecule has 1 aliphatic heterocycles. The Bertz CT molecular complexity index is 629. The highest BCUT2D eigenvalue weighted by atomic mass is 127. The van der Waals surface area contributed by atoms with E-state index in [1.165, 1.54) is 44.2 Å². The van der Waals surface area contributed by atoms with Crippen LogP contribution in [0.15, 0.2) is 23.2 Å². The van der Waals surface area contributed by atoms with Gasteiger partial charge >= 0.3 is 0 Å². The Balaban J connectivity index is 0.00000280. The van der Waals surface area contributed by atoms with Gasteiger partial charge in [0, 0.05) is 31.7 Å². The van der Waals surface area contributed by atoms with Crippen molar-refractivity contribution in [2.45, 2.75) is 70.5 Å². The number of hydrogen-bond donors (Lipinski definition) is 3. The Kier molecular flexibility index (Phi) is 9.77. The fraction of sp³-hybridized carbons (Fsp3) is 0.667. The van der Waals surface area contributed by atoms with Gasteiger partial charge in [-0.25, -0.2) is 9.38 Å². The predicted molar refractivity (Wildman–Crippen MR) is 123 cm³/mol. The van der Waals surface area contributed by atoms with Crippen LogP contribution in [-0.4, -0.2) is 47.7 Å². The third-order valence-electron chi connectivity index (χ3n) is 5.74. The zero-order valence-electron chi connectivity index (χ0n) is 16.8. The van der Waals surface area contributed by atoms with E-state index in [0.29, 0.717) is 12.6 Å². The summed E-state index contributed by atoms with van der Waals surface area (Å²) in [4.78, 5) is 7.27. The van der Waals surface area contributed by atoms with Gasteiger partial charge in [0.25, 0.3) is 0 Å². The third-order valence-corrected chi connectivity index (χ3v) is 5.74. The Morgan fingerprint density at radius 3 is 2.54 bits per heavy atom. The predicted octanol–water partition coefficient (Wildman–Crippen LogP) is 4.00. The summed E-state index contributed by atoms with van der Waals surface area (Å²) in [6.07, 6.45) is 9.18. The second kappa shape index (κ2) is 11.8. The normalized spacial score (nSPS) is 19.9. The molecule has 7 heteroatoms. The Morgan fingerprint density at radius 2 is 1.89 bits per heavy atom. The summed E-state index contributed by atoms with van der Waals surface area (Å²) < 4.78 is 13.5. The van der Waals surface area contributed by atoms with E-state index in [2.05, 4.69) is 20.5 Å². The van der Waals surface area contributed by atoms with Gasteiger partial charge in [-0.3, -0.25) is 0 Å². The van der Waals surface area contributed by atoms with E-state index >= 15 is 0 Å². The molecule has 0 atom stereocenters. The molecule has 1 aromatic carbocycles. The molecule has 28 heavy (non-hydrogen) atoms. The number of hydrogen-bond acceptors (Lipinski definition) is 3. The number of rotatable bonds is 5. The van der Waals surface area contributed by atoms with E-state index in [1.54, 1.807) is 6.07 Å². The first-order valence-electron chi connectivity index (χ1n) is 10.4. The van der Waals surface area contributed by atoms with Gasteiger partial charge in [-0.05, 0) is 50.3 Å². The summed E-state index contributed by atoms with van der Waals surface area (Å²) in [6, 6.07) is 5.64. The molecule has 5 nitrogen and oxygen atoms in total. The summed E-state index contributed by atoms with van der Waals surface area (Å²) in [5.41, 5.74) is 0.745. The zero-order valence-corrected chi connectivity index (χ0v) is 19.1. The number of nitrogens with zero attached hydrogens (tertiary/aromatic N) is 2. The minimum Gasteiger partial charge on any atom is -0.505 e. The first kappa shape index (κ1) is 23.2. The molecule has 0 unspecified atom stereocenters. The van der Waals surface area contributed by atoms with Crippen LogP contribution in [0.3, 0.4) is 0 Å². The number of likely N-dealkylation sites (tertiary alicyclic amines) is 1. The largest absolute Gasteiger partial charge is 0.505 e. The number of phenols is 1. The van der Waals surface area contributed by atoms with Gasteiger partial charge < -0.3 is 20.6 Å². The number of guanidine groups is 1. The van der Waals surface area contributed by atoms with Crippen molar-refractivity contribution in [2.24, 2.45) is 4.99 Å². The van der Waals surface area contributed by atoms with Crippen LogP contribution in [0.1, 0.15) is 57.4 Å². The van der Waals surface area contributed by atoms with E-state index in [0.717, 1.165) is 50.0 Å². The van der Waals surface area contributed by atoms with E-state index in [1.807, 2.05) is 6.92 Å². The van der Waals surface area contributed by atoms with Gasteiger partial charge in [0.15, 0.2) is 17.5 Å². The van der Waals surface area contributed by atoms with Crippen LogP contribution in [0.5, 0.6) is 5.75 Å². The summed E-state index contributed by atoms with van der Waals surface area (Å²) in [5.74, 6) is -0.143. The van der Waals surface area contributed by atoms with Crippen molar-refractivity contribution in [3.63, 3.8) is 0 Å². The lowest BCUT2D eigenvalue weighted by Gasteiger charge is -2.39. The lowest BCUT2D eigenvalue weighted by molar-refractivity contribution is 0.119. The molecule has 3 N–H and O–H groups in total. The SMILES string of the molecule is CCNC(=NCc1ccc(O)c(F)c1)NC1CCN(C2CCCCC2)CC1.I. The number of nitrogens with one attached hydrogen (secondary N) is 2. The lowest BCUT2D eigenvalue weighted by atomic mass is 9.92. The Labute approximate surface area is 185 Å². The number of halogens is 2. The number of piperidine rings is 1. The molecule has 0 aromatic heterocycles. The molecule has 1 aliphatic carbocycles. The van der Waals surface area contributed by atoms with Crippen LogP contribution in [0.4, 0.5) is 4.39 Å². The standard InChI is InChI=1S/C21H33FN4O.HI/c1-2-23-21(24-15-16-8-9-20(27)19(22)14-16)25-17-10-12-26(13-11-17)18-6-4-3-5-7-18;/h8-9,14,17-18,27H,2-7,10-13,15H2,1H3,(H2,23,24,25);1H. The van der Waals surface area contributed by atoms with Crippen LogP contribution >= 0.6 is 24.0 Å². The zero-order chi connectivity index (χ0) is 19.1. The smallest absolute Gasteiger partial charge is 0.191 e. The number of aliphatic imine (C=N–C) groups is 1. The highest BCUT2D eigenvalue weighted by molar-refractivity contribution is 14.0. The van der Waals surface area contributed by atoms with Gasteiger partial charge in [-0.2, -0.15) is 0 Å². The van der Waals surface area contributed by atoms with E-state index < -0.39 is 5.82 Å². The molecular weight excluding hydrogens is 470 g/mol. The molecule has 0 spiro atoms. The van der Waals surface area contributed by atoms with E-state index in [-0.39, 0.29) is 29.7 Å². The topological polar surface area (TPSA) is 59.9 Å². The van der Waals surface area contributed by atoms with Crippen LogP contribution in [0.2, 0.25) is 0 Å². The molecule has 1 aromatic rings. The molecule has 0 bridgehead atoms. The fourth-order valence-corrected chi connectivity index (χ4v) is 4.19. The van der Waals surface area contributed by atoms with Crippen molar-refractivity contribution in [3.8, 4) is 5.75 Å². The van der Waals surface area contributed by atoms with Crippen LogP contribution in [-0.2, 0) is 6.54 Å². The van der Waals surface area contributed by atoms with Gasteiger partial charge in [0.2, 0.25) is 0 Å². The molecule has 1 heterocycles. The Hall–Kier alpha value is -1.09. The summed E-state index contributed by atoms with van der Waals surface area (Å²) >= 11 is 0. The van der Waals surface area contributed by atoms with Crippen molar-refractivity contribution in [2.75, 3.05) is 19.6 Å². The van der Waals surface area contributed by atoms with Gasteiger partial charge in [0.1, 0.15) is 0 Å². The van der Waals surface area contributed by atoms with E-state index in [9.17, 15) is 9.50 Å². The first-order chi connectivity index (χ1) is 13.2. The first-order valence-corrected chi connectivity index (χ1v) is 10.4. The quantitative estimate of drug-likeness (QED) is 0.323. The molecular formula is C21H34FIN4O. The maximum absolute atomic E-state index is 13.5. The number of aromatic hydroxyl groups is 1. The second-order valence-corrected chi connectivity index (χ2v) is 7.73. The number of benzene rings is 1. The highest BCUT2D eigenvalue weighted by Gasteiger charge is 2.26. The second-order valence-electron chi connectivity index (χ2n) is 7.73. The van der Waals surface area contributed by atoms with Crippen molar-refractivity contribution >= 4 is 29.9 Å². The lowest BCUT2D eigenvalue weighted by Crippen LogP contribution is -2.50. The molecule has 1 saturated heterocycles. The van der Waals surface area contributed by atoms with Crippen molar-refractivity contribution in [3.05, 3.63) is 29.6 Å². The maximum Gasteiger partial charge on any atom is 0.191 e.